The SMILES string of the molecule is Fc1ccc(-c2cnc(Cl)cc2CBr)cc1. The topological polar surface area (TPSA) is 12.9 Å². The predicted octanol–water partition coefficient (Wildman–Crippen LogP) is 4.44. The van der Waals surface area contributed by atoms with Gasteiger partial charge in [0.25, 0.3) is 0 Å². The van der Waals surface area contributed by atoms with E-state index in [0.29, 0.717) is 10.5 Å². The number of hydrogen-bond donors (Lipinski definition) is 0. The van der Waals surface area contributed by atoms with Gasteiger partial charge in [-0.05, 0) is 29.3 Å². The van der Waals surface area contributed by atoms with Gasteiger partial charge in [0.2, 0.25) is 0 Å². The van der Waals surface area contributed by atoms with Crippen LogP contribution in [0.1, 0.15) is 5.56 Å². The van der Waals surface area contributed by atoms with Gasteiger partial charge in [0.15, 0.2) is 0 Å². The molecule has 0 bridgehead atoms. The molecule has 0 radical (unpaired) electrons. The normalized spacial score (nSPS) is 10.4. The lowest BCUT2D eigenvalue weighted by atomic mass is 10.0. The number of pyridine rings is 1. The quantitative estimate of drug-likeness (QED) is 0.590. The first-order chi connectivity index (χ1) is 7.70. The summed E-state index contributed by atoms with van der Waals surface area (Å²) in [6.07, 6.45) is 1.70. The third-order valence-electron chi connectivity index (χ3n) is 2.26. The van der Waals surface area contributed by atoms with Gasteiger partial charge in [-0.15, -0.1) is 0 Å². The van der Waals surface area contributed by atoms with E-state index in [4.69, 9.17) is 11.6 Å². The van der Waals surface area contributed by atoms with E-state index in [0.717, 1.165) is 16.7 Å². The zero-order valence-electron chi connectivity index (χ0n) is 8.25. The van der Waals surface area contributed by atoms with Crippen LogP contribution in [-0.4, -0.2) is 4.98 Å². The summed E-state index contributed by atoms with van der Waals surface area (Å²) >= 11 is 9.21. The first-order valence-corrected chi connectivity index (χ1v) is 6.17. The number of benzene rings is 1. The molecule has 0 saturated carbocycles. The summed E-state index contributed by atoms with van der Waals surface area (Å²) in [5, 5.41) is 1.14. The van der Waals surface area contributed by atoms with Crippen molar-refractivity contribution in [2.75, 3.05) is 0 Å². The highest BCUT2D eigenvalue weighted by molar-refractivity contribution is 9.08. The second-order valence-corrected chi connectivity index (χ2v) is 4.25. The van der Waals surface area contributed by atoms with E-state index < -0.39 is 0 Å². The molecule has 0 aliphatic rings. The summed E-state index contributed by atoms with van der Waals surface area (Å²) in [4.78, 5) is 4.04. The van der Waals surface area contributed by atoms with Gasteiger partial charge in [-0.2, -0.15) is 0 Å². The Bertz CT molecular complexity index is 499. The number of rotatable bonds is 2. The number of alkyl halides is 1. The molecule has 2 aromatic rings. The molecule has 0 aliphatic carbocycles. The molecular formula is C12H8BrClFN. The van der Waals surface area contributed by atoms with Gasteiger partial charge in [-0.25, -0.2) is 9.37 Å². The maximum Gasteiger partial charge on any atom is 0.129 e. The third kappa shape index (κ3) is 2.42. The van der Waals surface area contributed by atoms with Gasteiger partial charge in [0, 0.05) is 17.1 Å². The first kappa shape index (κ1) is 11.6. The summed E-state index contributed by atoms with van der Waals surface area (Å²) < 4.78 is 12.8. The lowest BCUT2D eigenvalue weighted by molar-refractivity contribution is 0.628. The van der Waals surface area contributed by atoms with E-state index in [1.165, 1.54) is 12.1 Å². The third-order valence-corrected chi connectivity index (χ3v) is 3.07. The number of nitrogens with zero attached hydrogens (tertiary/aromatic N) is 1. The lowest BCUT2D eigenvalue weighted by Crippen LogP contribution is -1.89. The van der Waals surface area contributed by atoms with Crippen LogP contribution in [0.15, 0.2) is 36.5 Å². The Morgan fingerprint density at radius 1 is 1.25 bits per heavy atom. The maximum atomic E-state index is 12.8. The highest BCUT2D eigenvalue weighted by atomic mass is 79.9. The van der Waals surface area contributed by atoms with Crippen molar-refractivity contribution in [3.05, 3.63) is 53.1 Å². The summed E-state index contributed by atoms with van der Waals surface area (Å²) in [6, 6.07) is 8.12. The Balaban J connectivity index is 2.51. The van der Waals surface area contributed by atoms with Crippen LogP contribution in [0, 0.1) is 5.82 Å². The Morgan fingerprint density at radius 2 is 1.94 bits per heavy atom. The minimum absolute atomic E-state index is 0.244. The summed E-state index contributed by atoms with van der Waals surface area (Å²) in [6.45, 7) is 0. The Hall–Kier alpha value is -0.930. The Morgan fingerprint density at radius 3 is 2.56 bits per heavy atom. The van der Waals surface area contributed by atoms with Gasteiger partial charge < -0.3 is 0 Å². The molecule has 0 aliphatic heterocycles. The molecule has 1 heterocycles. The standard InChI is InChI=1S/C12H8BrClFN/c13-6-9-5-12(14)16-7-11(9)8-1-3-10(15)4-2-8/h1-5,7H,6H2. The molecule has 82 valence electrons. The van der Waals surface area contributed by atoms with Crippen molar-refractivity contribution in [3.63, 3.8) is 0 Å². The van der Waals surface area contributed by atoms with Crippen molar-refractivity contribution in [3.8, 4) is 11.1 Å². The predicted molar refractivity (Wildman–Crippen MR) is 67.3 cm³/mol. The summed E-state index contributed by atoms with van der Waals surface area (Å²) in [5.41, 5.74) is 2.92. The average molecular weight is 301 g/mol. The maximum absolute atomic E-state index is 12.8. The van der Waals surface area contributed by atoms with Crippen LogP contribution >= 0.6 is 27.5 Å². The smallest absolute Gasteiger partial charge is 0.129 e. The van der Waals surface area contributed by atoms with Crippen molar-refractivity contribution in [1.29, 1.82) is 0 Å². The summed E-state index contributed by atoms with van der Waals surface area (Å²) in [7, 11) is 0. The number of hydrogen-bond acceptors (Lipinski definition) is 1. The van der Waals surface area contributed by atoms with Crippen molar-refractivity contribution in [2.24, 2.45) is 0 Å². The fraction of sp³-hybridized carbons (Fsp3) is 0.0833. The zero-order chi connectivity index (χ0) is 11.5. The zero-order valence-corrected chi connectivity index (χ0v) is 10.6. The Labute approximate surface area is 106 Å². The number of aromatic nitrogens is 1. The molecule has 0 amide bonds. The van der Waals surface area contributed by atoms with E-state index in [1.807, 2.05) is 0 Å². The van der Waals surface area contributed by atoms with Gasteiger partial charge in [0.05, 0.1) is 0 Å². The van der Waals surface area contributed by atoms with Crippen LogP contribution < -0.4 is 0 Å². The fourth-order valence-corrected chi connectivity index (χ4v) is 2.11. The van der Waals surface area contributed by atoms with Crippen LogP contribution in [0.4, 0.5) is 4.39 Å². The second-order valence-electron chi connectivity index (χ2n) is 3.30. The fourth-order valence-electron chi connectivity index (χ4n) is 1.47. The van der Waals surface area contributed by atoms with E-state index in [9.17, 15) is 4.39 Å². The van der Waals surface area contributed by atoms with Crippen LogP contribution in [0.2, 0.25) is 5.15 Å². The molecule has 0 unspecified atom stereocenters. The molecule has 1 nitrogen and oxygen atoms in total. The molecule has 0 N–H and O–H groups in total. The van der Waals surface area contributed by atoms with Crippen LogP contribution in [0.25, 0.3) is 11.1 Å². The molecule has 0 saturated heterocycles. The minimum Gasteiger partial charge on any atom is -0.244 e. The van der Waals surface area contributed by atoms with Gasteiger partial charge in [-0.1, -0.05) is 39.7 Å². The molecule has 0 spiro atoms. The molecule has 0 fully saturated rings. The highest BCUT2D eigenvalue weighted by Crippen LogP contribution is 2.26. The first-order valence-electron chi connectivity index (χ1n) is 4.67. The van der Waals surface area contributed by atoms with E-state index in [-0.39, 0.29) is 5.82 Å². The molecular weight excluding hydrogens is 292 g/mol. The van der Waals surface area contributed by atoms with Gasteiger partial charge in [0.1, 0.15) is 11.0 Å². The van der Waals surface area contributed by atoms with Crippen LogP contribution in [0.3, 0.4) is 0 Å². The molecule has 16 heavy (non-hydrogen) atoms. The monoisotopic (exact) mass is 299 g/mol. The van der Waals surface area contributed by atoms with Crippen molar-refractivity contribution in [2.45, 2.75) is 5.33 Å². The molecule has 0 atom stereocenters. The number of halogens is 3. The van der Waals surface area contributed by atoms with Crippen LogP contribution in [0.5, 0.6) is 0 Å². The van der Waals surface area contributed by atoms with Crippen molar-refractivity contribution < 1.29 is 4.39 Å². The van der Waals surface area contributed by atoms with E-state index >= 15 is 0 Å². The van der Waals surface area contributed by atoms with E-state index in [1.54, 1.807) is 24.4 Å². The molecule has 1 aromatic carbocycles. The lowest BCUT2D eigenvalue weighted by Gasteiger charge is -2.07. The highest BCUT2D eigenvalue weighted by Gasteiger charge is 2.06. The van der Waals surface area contributed by atoms with E-state index in [2.05, 4.69) is 20.9 Å². The van der Waals surface area contributed by atoms with Gasteiger partial charge >= 0.3 is 0 Å². The van der Waals surface area contributed by atoms with Gasteiger partial charge in [-0.3, -0.25) is 0 Å². The molecule has 4 heteroatoms. The second kappa shape index (κ2) is 4.93. The molecule has 1 aromatic heterocycles. The summed E-state index contributed by atoms with van der Waals surface area (Å²) in [5.74, 6) is -0.244. The average Bonchev–Trinajstić information content (AvgIpc) is 2.30. The molecule has 2 rings (SSSR count). The minimum atomic E-state index is -0.244. The largest absolute Gasteiger partial charge is 0.244 e. The van der Waals surface area contributed by atoms with Crippen LogP contribution in [-0.2, 0) is 5.33 Å². The van der Waals surface area contributed by atoms with Crippen molar-refractivity contribution >= 4 is 27.5 Å². The van der Waals surface area contributed by atoms with Crippen molar-refractivity contribution in [1.82, 2.24) is 4.98 Å². The Kier molecular flexibility index (Phi) is 3.56.